The molecule has 0 amide bonds. The Morgan fingerprint density at radius 1 is 0.897 bits per heavy atom. The minimum absolute atomic E-state index is 0. The highest BCUT2D eigenvalue weighted by Crippen LogP contribution is 2.32. The molecule has 1 aromatic rings. The molecule has 0 aromatic heterocycles. The average molecular weight is 427 g/mol. The van der Waals surface area contributed by atoms with Crippen molar-refractivity contribution in [2.75, 3.05) is 83.4 Å². The van der Waals surface area contributed by atoms with Gasteiger partial charge in [0.2, 0.25) is 0 Å². The van der Waals surface area contributed by atoms with Crippen LogP contribution < -0.4 is 17.3 Å². The van der Waals surface area contributed by atoms with Gasteiger partial charge in [0.15, 0.2) is 0 Å². The van der Waals surface area contributed by atoms with Crippen LogP contribution in [0, 0.1) is 20.2 Å². The van der Waals surface area contributed by atoms with Crippen molar-refractivity contribution in [2.45, 2.75) is 0 Å². The number of nitro groups is 2. The zero-order chi connectivity index (χ0) is 19.7. The molecular formula is C18H27ClN6O4. The molecule has 1 aromatic carbocycles. The smallest absolute Gasteiger partial charge is 0.299 e. The van der Waals surface area contributed by atoms with Crippen LogP contribution >= 0.6 is 0 Å². The van der Waals surface area contributed by atoms with Gasteiger partial charge in [-0.25, -0.2) is 0 Å². The van der Waals surface area contributed by atoms with E-state index in [1.54, 1.807) is 0 Å². The Bertz CT molecular complexity index is 749. The number of nitrogens with zero attached hydrogens (tertiary/aromatic N) is 6. The molecule has 11 heteroatoms. The van der Waals surface area contributed by atoms with Gasteiger partial charge in [-0.05, 0) is 6.07 Å². The molecule has 0 atom stereocenters. The van der Waals surface area contributed by atoms with Crippen molar-refractivity contribution in [3.05, 3.63) is 38.4 Å². The topological polar surface area (TPSA) is 96.0 Å². The molecule has 4 heterocycles. The molecule has 4 fully saturated rings. The number of rotatable bonds is 6. The number of halogens is 1. The maximum atomic E-state index is 11.4. The van der Waals surface area contributed by atoms with Crippen molar-refractivity contribution in [2.24, 2.45) is 0 Å². The minimum Gasteiger partial charge on any atom is -1.00 e. The number of fused-ring (bicyclic) bond motifs is 3. The Morgan fingerprint density at radius 2 is 1.52 bits per heavy atom. The Hall–Kier alpha value is -2.01. The molecule has 0 N–H and O–H groups in total. The summed E-state index contributed by atoms with van der Waals surface area (Å²) in [5, 5.41) is 22.3. The molecule has 160 valence electrons. The van der Waals surface area contributed by atoms with Gasteiger partial charge in [-0.1, -0.05) is 0 Å². The van der Waals surface area contributed by atoms with E-state index in [1.165, 1.54) is 62.4 Å². The van der Waals surface area contributed by atoms with Crippen LogP contribution in [0.25, 0.3) is 0 Å². The number of piperazine rings is 4. The maximum Gasteiger partial charge on any atom is 0.299 e. The van der Waals surface area contributed by atoms with Gasteiger partial charge in [-0.2, -0.15) is 0 Å². The highest BCUT2D eigenvalue weighted by atomic mass is 35.5. The molecule has 4 aliphatic heterocycles. The minimum atomic E-state index is -0.595. The normalized spacial score (nSPS) is 26.8. The van der Waals surface area contributed by atoms with Gasteiger partial charge >= 0.3 is 0 Å². The van der Waals surface area contributed by atoms with Crippen LogP contribution in [0.3, 0.4) is 0 Å². The summed E-state index contributed by atoms with van der Waals surface area (Å²) in [7, 11) is 0. The first-order chi connectivity index (χ1) is 13.5. The second-order valence-electron chi connectivity index (χ2n) is 8.09. The summed E-state index contributed by atoms with van der Waals surface area (Å²) in [5.74, 6) is 0. The summed E-state index contributed by atoms with van der Waals surface area (Å²) in [5.41, 5.74) is 0.0427. The predicted molar refractivity (Wildman–Crippen MR) is 105 cm³/mol. The monoisotopic (exact) mass is 426 g/mol. The second-order valence-corrected chi connectivity index (χ2v) is 8.09. The van der Waals surface area contributed by atoms with Crippen molar-refractivity contribution >= 4 is 17.1 Å². The average Bonchev–Trinajstić information content (AvgIpc) is 2.73. The van der Waals surface area contributed by atoms with E-state index in [4.69, 9.17) is 0 Å². The zero-order valence-corrected chi connectivity index (χ0v) is 17.2. The van der Waals surface area contributed by atoms with Gasteiger partial charge in [-0.15, -0.1) is 0 Å². The molecule has 4 saturated heterocycles. The molecule has 0 saturated carbocycles. The largest absolute Gasteiger partial charge is 1.00 e. The van der Waals surface area contributed by atoms with Crippen LogP contribution in [-0.4, -0.2) is 103 Å². The molecule has 0 unspecified atom stereocenters. The second kappa shape index (κ2) is 8.78. The van der Waals surface area contributed by atoms with Gasteiger partial charge in [0.1, 0.15) is 5.69 Å². The van der Waals surface area contributed by atoms with Gasteiger partial charge in [0, 0.05) is 58.4 Å². The number of anilines is 1. The van der Waals surface area contributed by atoms with Crippen molar-refractivity contribution < 1.29 is 26.7 Å². The Balaban J connectivity index is 0.00000240. The van der Waals surface area contributed by atoms with E-state index in [-0.39, 0.29) is 23.8 Å². The lowest BCUT2D eigenvalue weighted by Gasteiger charge is -2.51. The lowest BCUT2D eigenvalue weighted by molar-refractivity contribution is -0.940. The Labute approximate surface area is 176 Å². The third-order valence-electron chi connectivity index (χ3n) is 6.64. The van der Waals surface area contributed by atoms with Gasteiger partial charge in [0.25, 0.3) is 11.4 Å². The van der Waals surface area contributed by atoms with E-state index in [0.717, 1.165) is 25.7 Å². The van der Waals surface area contributed by atoms with Crippen LogP contribution in [0.15, 0.2) is 18.2 Å². The standard InChI is InChI=1S/C18H27N6O4.ClH/c25-22(26)16-1-2-17(18(15-16)23(27)28)21-5-3-19(4-6-21)7-11-24-12-8-20(9-13-24)10-14-24;/h1-2,15H,3-14H2;1H/q+1;/p-1. The molecule has 0 aliphatic carbocycles. The van der Waals surface area contributed by atoms with E-state index < -0.39 is 9.85 Å². The van der Waals surface area contributed by atoms with E-state index in [0.29, 0.717) is 18.8 Å². The zero-order valence-electron chi connectivity index (χ0n) is 16.4. The molecule has 29 heavy (non-hydrogen) atoms. The molecule has 10 nitrogen and oxygen atoms in total. The predicted octanol–water partition coefficient (Wildman–Crippen LogP) is -2.22. The Morgan fingerprint density at radius 3 is 2.07 bits per heavy atom. The van der Waals surface area contributed by atoms with Crippen molar-refractivity contribution in [1.82, 2.24) is 9.80 Å². The number of hydrogen-bond donors (Lipinski definition) is 0. The fourth-order valence-electron chi connectivity index (χ4n) is 4.67. The van der Waals surface area contributed by atoms with E-state index in [9.17, 15) is 20.2 Å². The van der Waals surface area contributed by atoms with Gasteiger partial charge < -0.3 is 21.8 Å². The van der Waals surface area contributed by atoms with Crippen molar-refractivity contribution in [3.63, 3.8) is 0 Å². The van der Waals surface area contributed by atoms with Crippen molar-refractivity contribution in [3.8, 4) is 0 Å². The number of nitro benzene ring substituents is 2. The van der Waals surface area contributed by atoms with E-state index in [2.05, 4.69) is 9.80 Å². The summed E-state index contributed by atoms with van der Waals surface area (Å²) in [6.45, 7) is 12.8. The van der Waals surface area contributed by atoms with Crippen molar-refractivity contribution in [1.29, 1.82) is 0 Å². The summed E-state index contributed by atoms with van der Waals surface area (Å²) in [6.07, 6.45) is 0. The third kappa shape index (κ3) is 4.61. The van der Waals surface area contributed by atoms with E-state index in [1.807, 2.05) is 4.90 Å². The maximum absolute atomic E-state index is 11.4. The van der Waals surface area contributed by atoms with Crippen LogP contribution in [0.2, 0.25) is 0 Å². The first kappa shape index (κ1) is 21.7. The summed E-state index contributed by atoms with van der Waals surface area (Å²) in [4.78, 5) is 28.2. The highest BCUT2D eigenvalue weighted by molar-refractivity contribution is 5.67. The van der Waals surface area contributed by atoms with Crippen LogP contribution in [-0.2, 0) is 0 Å². The summed E-state index contributed by atoms with van der Waals surface area (Å²) >= 11 is 0. The third-order valence-corrected chi connectivity index (χ3v) is 6.64. The van der Waals surface area contributed by atoms with Crippen LogP contribution in [0.5, 0.6) is 0 Å². The molecule has 0 spiro atoms. The Kier molecular flexibility index (Phi) is 6.57. The lowest BCUT2D eigenvalue weighted by atomic mass is 10.1. The first-order valence-corrected chi connectivity index (χ1v) is 9.93. The van der Waals surface area contributed by atoms with Crippen LogP contribution in [0.1, 0.15) is 0 Å². The summed E-state index contributed by atoms with van der Waals surface area (Å²) in [6, 6.07) is 3.92. The molecular weight excluding hydrogens is 400 g/mol. The molecule has 2 bridgehead atoms. The van der Waals surface area contributed by atoms with Crippen LogP contribution in [0.4, 0.5) is 17.1 Å². The molecule has 4 aliphatic rings. The first-order valence-electron chi connectivity index (χ1n) is 9.93. The molecule has 0 radical (unpaired) electrons. The fraction of sp³-hybridized carbons (Fsp3) is 0.667. The number of quaternary nitrogens is 1. The van der Waals surface area contributed by atoms with Gasteiger partial charge in [-0.3, -0.25) is 30.0 Å². The highest BCUT2D eigenvalue weighted by Gasteiger charge is 2.38. The number of hydrogen-bond acceptors (Lipinski definition) is 7. The quantitative estimate of drug-likeness (QED) is 0.289. The molecule has 5 rings (SSSR count). The fourth-order valence-corrected chi connectivity index (χ4v) is 4.67. The number of benzene rings is 1. The lowest BCUT2D eigenvalue weighted by Crippen LogP contribution is -3.00. The SMILES string of the molecule is O=[N+]([O-])c1ccc(N2CCN(CC[N+]34CCN(CC3)CC4)CC2)c([N+](=O)[O-])c1.[Cl-]. The van der Waals surface area contributed by atoms with E-state index >= 15 is 0 Å². The van der Waals surface area contributed by atoms with Gasteiger partial charge in [0.05, 0.1) is 42.1 Å². The number of non-ortho nitro benzene ring substituents is 1. The summed E-state index contributed by atoms with van der Waals surface area (Å²) < 4.78 is 1.24.